The number of hydrogen-bond acceptors (Lipinski definition) is 7. The van der Waals surface area contributed by atoms with Crippen LogP contribution in [0.15, 0.2) is 65.1 Å². The molecule has 3 fully saturated rings. The van der Waals surface area contributed by atoms with Crippen molar-refractivity contribution in [3.63, 3.8) is 0 Å². The predicted octanol–water partition coefficient (Wildman–Crippen LogP) is 4.09. The minimum atomic E-state index is -0.155. The van der Waals surface area contributed by atoms with Gasteiger partial charge in [-0.1, -0.05) is 18.2 Å². The van der Waals surface area contributed by atoms with Crippen molar-refractivity contribution in [2.45, 2.75) is 19.8 Å². The van der Waals surface area contributed by atoms with Crippen molar-refractivity contribution < 1.29 is 18.7 Å². The molecule has 2 aromatic rings. The van der Waals surface area contributed by atoms with Crippen molar-refractivity contribution in [3.8, 4) is 22.5 Å². The quantitative estimate of drug-likeness (QED) is 0.186. The minimum absolute atomic E-state index is 0.00638. The fourth-order valence-corrected chi connectivity index (χ4v) is 7.32. The standard InChI is InChI=1S/C38H46N5O4/c1-4-46-38(45)27-13-15-43(16-14-27)37(44)31-8-6-5-7-30(31)36-32-11-9-28(41-21-17-39(2)18-22-41)25-34(32)47-35-26-29(10-12-33(35)36)42-23-19-40(3)20-24-42/h5-12,25-27H,4,13-24H2,1-3H3/q+1. The Labute approximate surface area is 277 Å². The number of fused-ring (bicyclic) bond motifs is 2. The number of rotatable bonds is 5. The molecule has 0 saturated carbocycles. The maximum absolute atomic E-state index is 14.2. The van der Waals surface area contributed by atoms with Gasteiger partial charge in [0.15, 0.2) is 13.1 Å². The molecular formula is C38H46N5O4+. The Kier molecular flexibility index (Phi) is 9.01. The van der Waals surface area contributed by atoms with Gasteiger partial charge in [0.1, 0.15) is 11.3 Å². The highest BCUT2D eigenvalue weighted by Gasteiger charge is 2.31. The van der Waals surface area contributed by atoms with Crippen molar-refractivity contribution in [1.29, 1.82) is 0 Å². The zero-order valence-corrected chi connectivity index (χ0v) is 27.9. The molecule has 0 radical (unpaired) electrons. The molecule has 7 rings (SSSR count). The minimum Gasteiger partial charge on any atom is -0.466 e. The summed E-state index contributed by atoms with van der Waals surface area (Å²) in [5, 5.41) is 2.15. The Morgan fingerprint density at radius 3 is 2.30 bits per heavy atom. The van der Waals surface area contributed by atoms with Crippen molar-refractivity contribution in [2.75, 3.05) is 91.0 Å². The number of piperidine rings is 1. The Balaban J connectivity index is 1.32. The van der Waals surface area contributed by atoms with Gasteiger partial charge >= 0.3 is 5.97 Å². The van der Waals surface area contributed by atoms with Crippen LogP contribution in [0.4, 0.5) is 5.69 Å². The summed E-state index contributed by atoms with van der Waals surface area (Å²) in [4.78, 5) is 35.6. The second kappa shape index (κ2) is 13.5. The van der Waals surface area contributed by atoms with E-state index < -0.39 is 0 Å². The van der Waals surface area contributed by atoms with Crippen molar-refractivity contribution in [1.82, 2.24) is 19.3 Å². The number of piperazine rings is 2. The number of likely N-dealkylation sites (tertiary alicyclic amines) is 1. The summed E-state index contributed by atoms with van der Waals surface area (Å²) in [6, 6.07) is 21.0. The number of likely N-dealkylation sites (N-methyl/N-ethyl adjacent to an activating group) is 2. The Bertz CT molecular complexity index is 1810. The molecule has 0 aromatic heterocycles. The lowest BCUT2D eigenvalue weighted by Gasteiger charge is -2.34. The van der Waals surface area contributed by atoms with Crippen LogP contribution in [0.25, 0.3) is 33.4 Å². The van der Waals surface area contributed by atoms with Crippen molar-refractivity contribution in [3.05, 3.63) is 71.6 Å². The summed E-state index contributed by atoms with van der Waals surface area (Å²) in [5.41, 5.74) is 5.55. The fraction of sp³-hybridized carbons (Fsp3) is 0.447. The number of hydrogen-bond donors (Lipinski definition) is 0. The summed E-state index contributed by atoms with van der Waals surface area (Å²) in [7, 11) is 4.34. The first-order valence-electron chi connectivity index (χ1n) is 17.2. The van der Waals surface area contributed by atoms with Gasteiger partial charge in [-0.2, -0.15) is 0 Å². The summed E-state index contributed by atoms with van der Waals surface area (Å²) in [5.74, 6) is 0.504. The van der Waals surface area contributed by atoms with Crippen LogP contribution in [0.5, 0.6) is 0 Å². The summed E-state index contributed by atoms with van der Waals surface area (Å²) < 4.78 is 14.5. The van der Waals surface area contributed by atoms with Gasteiger partial charge in [0, 0.05) is 79.2 Å². The number of carbonyl (C=O) groups excluding carboxylic acids is 2. The van der Waals surface area contributed by atoms with E-state index in [0.717, 1.165) is 96.8 Å². The molecule has 0 atom stereocenters. The molecule has 0 N–H and O–H groups in total. The number of nitrogens with zero attached hydrogens (tertiary/aromatic N) is 5. The van der Waals surface area contributed by atoms with Gasteiger partial charge in [-0.15, -0.1) is 0 Å². The summed E-state index contributed by atoms with van der Waals surface area (Å²) in [6.07, 6.45) is 1.24. The van der Waals surface area contributed by atoms with Gasteiger partial charge in [0.25, 0.3) is 5.91 Å². The Morgan fingerprint density at radius 1 is 0.830 bits per heavy atom. The van der Waals surface area contributed by atoms with E-state index in [-0.39, 0.29) is 17.8 Å². The highest BCUT2D eigenvalue weighted by atomic mass is 16.5. The van der Waals surface area contributed by atoms with Crippen LogP contribution in [0, 0.1) is 5.92 Å². The first kappa shape index (κ1) is 31.4. The van der Waals surface area contributed by atoms with Crippen LogP contribution in [-0.2, 0) is 9.53 Å². The van der Waals surface area contributed by atoms with E-state index in [0.29, 0.717) is 38.1 Å². The van der Waals surface area contributed by atoms with Crippen LogP contribution in [-0.4, -0.2) is 113 Å². The van der Waals surface area contributed by atoms with E-state index >= 15 is 0 Å². The summed E-state index contributed by atoms with van der Waals surface area (Å²) >= 11 is 0. The maximum Gasteiger partial charge on any atom is 0.309 e. The first-order valence-corrected chi connectivity index (χ1v) is 17.2. The number of esters is 1. The molecule has 4 heterocycles. The Morgan fingerprint density at radius 2 is 1.55 bits per heavy atom. The maximum atomic E-state index is 14.2. The third-order valence-corrected chi connectivity index (χ3v) is 10.3. The topological polar surface area (TPSA) is 72.5 Å². The molecular weight excluding hydrogens is 590 g/mol. The second-order valence-corrected chi connectivity index (χ2v) is 13.3. The number of amides is 1. The fourth-order valence-electron chi connectivity index (χ4n) is 7.32. The molecule has 0 bridgehead atoms. The van der Waals surface area contributed by atoms with Crippen molar-refractivity contribution in [2.24, 2.45) is 5.92 Å². The molecule has 0 spiro atoms. The molecule has 2 aromatic carbocycles. The van der Waals surface area contributed by atoms with Crippen LogP contribution in [0.3, 0.4) is 0 Å². The lowest BCUT2D eigenvalue weighted by molar-refractivity contribution is -0.149. The lowest BCUT2D eigenvalue weighted by atomic mass is 9.89. The molecule has 4 aliphatic heterocycles. The van der Waals surface area contributed by atoms with E-state index in [4.69, 9.17) is 9.15 Å². The monoisotopic (exact) mass is 636 g/mol. The molecule has 246 valence electrons. The zero-order chi connectivity index (χ0) is 32.5. The highest BCUT2D eigenvalue weighted by Crippen LogP contribution is 2.42. The van der Waals surface area contributed by atoms with Gasteiger partial charge in [0.2, 0.25) is 5.36 Å². The van der Waals surface area contributed by atoms with Crippen LogP contribution < -0.4 is 14.8 Å². The third kappa shape index (κ3) is 6.39. The third-order valence-electron chi connectivity index (χ3n) is 10.3. The largest absolute Gasteiger partial charge is 0.466 e. The predicted molar refractivity (Wildman–Crippen MR) is 186 cm³/mol. The number of anilines is 1. The van der Waals surface area contributed by atoms with E-state index in [9.17, 15) is 9.59 Å². The smallest absolute Gasteiger partial charge is 0.309 e. The van der Waals surface area contributed by atoms with Gasteiger partial charge < -0.3 is 23.9 Å². The number of benzene rings is 3. The highest BCUT2D eigenvalue weighted by molar-refractivity contribution is 6.09. The second-order valence-electron chi connectivity index (χ2n) is 13.3. The van der Waals surface area contributed by atoms with Gasteiger partial charge in [0.05, 0.1) is 31.7 Å². The molecule has 1 aliphatic carbocycles. The van der Waals surface area contributed by atoms with Gasteiger partial charge in [-0.05, 0) is 63.7 Å². The Hall–Kier alpha value is -4.21. The molecule has 9 heteroatoms. The SMILES string of the molecule is CCOC(=O)C1CCN(C(=O)c2ccccc2-c2c3ccc(=[N+]4CCN(C)CC4)cc-3oc3cc(N4CCN(C)CC4)ccc23)CC1. The molecule has 9 nitrogen and oxygen atoms in total. The number of carbonyl (C=O) groups is 2. The molecule has 1 amide bonds. The lowest BCUT2D eigenvalue weighted by Crippen LogP contribution is -2.46. The average molecular weight is 637 g/mol. The van der Waals surface area contributed by atoms with E-state index in [1.54, 1.807) is 0 Å². The average Bonchev–Trinajstić information content (AvgIpc) is 3.10. The molecule has 0 unspecified atom stereocenters. The van der Waals surface area contributed by atoms with Crippen LogP contribution >= 0.6 is 0 Å². The van der Waals surface area contributed by atoms with E-state index in [2.05, 4.69) is 75.8 Å². The molecule has 47 heavy (non-hydrogen) atoms. The van der Waals surface area contributed by atoms with E-state index in [1.807, 2.05) is 30.0 Å². The van der Waals surface area contributed by atoms with Gasteiger partial charge in [-0.3, -0.25) is 14.5 Å². The molecule has 5 aliphatic rings. The van der Waals surface area contributed by atoms with Crippen molar-refractivity contribution >= 4 is 28.5 Å². The van der Waals surface area contributed by atoms with Gasteiger partial charge in [-0.25, -0.2) is 4.58 Å². The zero-order valence-electron chi connectivity index (χ0n) is 27.9. The van der Waals surface area contributed by atoms with Crippen LogP contribution in [0.2, 0.25) is 0 Å². The van der Waals surface area contributed by atoms with Crippen LogP contribution in [0.1, 0.15) is 30.1 Å². The summed E-state index contributed by atoms with van der Waals surface area (Å²) in [6.45, 7) is 11.3. The number of ether oxygens (including phenoxy) is 1. The first-order chi connectivity index (χ1) is 22.9. The normalized spacial score (nSPS) is 18.7. The molecule has 3 saturated heterocycles. The van der Waals surface area contributed by atoms with E-state index in [1.165, 1.54) is 0 Å².